The molecule has 0 N–H and O–H groups in total. The van der Waals surface area contributed by atoms with Crippen molar-refractivity contribution in [3.8, 4) is 0 Å². The molecule has 1 fully saturated rings. The molecule has 0 radical (unpaired) electrons. The molecule has 2 aliphatic heterocycles. The first-order chi connectivity index (χ1) is 11.3. The number of carbonyl (C=O) groups is 1. The van der Waals surface area contributed by atoms with Crippen molar-refractivity contribution in [2.24, 2.45) is 5.92 Å². The van der Waals surface area contributed by atoms with Gasteiger partial charge < -0.3 is 9.47 Å². The van der Waals surface area contributed by atoms with Crippen LogP contribution in [0.25, 0.3) is 0 Å². The number of hydrogen-bond acceptors (Lipinski definition) is 3. The van der Waals surface area contributed by atoms with Crippen LogP contribution in [-0.4, -0.2) is 23.3 Å². The highest BCUT2D eigenvalue weighted by Crippen LogP contribution is 2.47. The Hall–Kier alpha value is -1.09. The molecule has 0 saturated carbocycles. The monoisotopic (exact) mass is 334 g/mol. The zero-order valence-corrected chi connectivity index (χ0v) is 16.1. The third kappa shape index (κ3) is 4.50. The Balaban J connectivity index is 2.31. The number of carbonyl (C=O) groups excluding carboxylic acids is 1. The van der Waals surface area contributed by atoms with Crippen LogP contribution in [0.2, 0.25) is 0 Å². The number of allylic oxidation sites excluding steroid dienone is 3. The van der Waals surface area contributed by atoms with Crippen LogP contribution in [0.1, 0.15) is 79.6 Å². The molecule has 0 aromatic rings. The van der Waals surface area contributed by atoms with Gasteiger partial charge in [-0.1, -0.05) is 37.6 Å². The summed E-state index contributed by atoms with van der Waals surface area (Å²) < 4.78 is 12.4. The van der Waals surface area contributed by atoms with Crippen LogP contribution < -0.4 is 0 Å². The van der Waals surface area contributed by atoms with Crippen LogP contribution in [0, 0.1) is 5.92 Å². The van der Waals surface area contributed by atoms with Gasteiger partial charge in [-0.3, -0.25) is 4.79 Å². The normalized spacial score (nSPS) is 38.4. The van der Waals surface area contributed by atoms with Crippen LogP contribution in [0.4, 0.5) is 0 Å². The van der Waals surface area contributed by atoms with Crippen molar-refractivity contribution >= 4 is 5.97 Å². The third-order valence-electron chi connectivity index (χ3n) is 5.79. The van der Waals surface area contributed by atoms with Crippen molar-refractivity contribution in [1.82, 2.24) is 0 Å². The molecule has 0 aromatic carbocycles. The lowest BCUT2D eigenvalue weighted by molar-refractivity contribution is -0.186. The Morgan fingerprint density at radius 3 is 2.67 bits per heavy atom. The first-order valence-electron chi connectivity index (χ1n) is 9.45. The van der Waals surface area contributed by atoms with Crippen LogP contribution in [0.5, 0.6) is 0 Å². The van der Waals surface area contributed by atoms with Crippen molar-refractivity contribution in [2.45, 2.75) is 96.9 Å². The maximum absolute atomic E-state index is 11.6. The van der Waals surface area contributed by atoms with Gasteiger partial charge in [-0.05, 0) is 64.7 Å². The maximum atomic E-state index is 11.6. The van der Waals surface area contributed by atoms with E-state index in [0.29, 0.717) is 5.92 Å². The van der Waals surface area contributed by atoms with Crippen molar-refractivity contribution in [3.63, 3.8) is 0 Å². The highest BCUT2D eigenvalue weighted by molar-refractivity contribution is 5.66. The minimum absolute atomic E-state index is 0.143. The van der Waals surface area contributed by atoms with Gasteiger partial charge >= 0.3 is 5.97 Å². The van der Waals surface area contributed by atoms with Crippen LogP contribution in [0.3, 0.4) is 0 Å². The maximum Gasteiger partial charge on any atom is 0.303 e. The van der Waals surface area contributed by atoms with Gasteiger partial charge in [0, 0.05) is 6.92 Å². The number of fused-ring (bicyclic) bond motifs is 2. The van der Waals surface area contributed by atoms with Gasteiger partial charge in [0.25, 0.3) is 0 Å². The molecule has 3 nitrogen and oxygen atoms in total. The second-order valence-corrected chi connectivity index (χ2v) is 8.07. The molecule has 3 atom stereocenters. The number of rotatable bonds is 2. The van der Waals surface area contributed by atoms with E-state index in [0.717, 1.165) is 44.9 Å². The molecule has 2 heterocycles. The lowest BCUT2D eigenvalue weighted by Crippen LogP contribution is -2.46. The van der Waals surface area contributed by atoms with E-state index in [1.54, 1.807) is 0 Å². The first kappa shape index (κ1) is 19.2. The van der Waals surface area contributed by atoms with E-state index >= 15 is 0 Å². The summed E-state index contributed by atoms with van der Waals surface area (Å²) in [6.07, 6.45) is 13.5. The lowest BCUT2D eigenvalue weighted by atomic mass is 9.82. The average molecular weight is 335 g/mol. The smallest absolute Gasteiger partial charge is 0.303 e. The van der Waals surface area contributed by atoms with E-state index in [1.165, 1.54) is 12.5 Å². The molecular weight excluding hydrogens is 300 g/mol. The van der Waals surface area contributed by atoms with Gasteiger partial charge in [0.15, 0.2) is 0 Å². The highest BCUT2D eigenvalue weighted by Gasteiger charge is 2.52. The molecule has 0 spiro atoms. The molecule has 1 saturated heterocycles. The summed E-state index contributed by atoms with van der Waals surface area (Å²) in [4.78, 5) is 11.6. The van der Waals surface area contributed by atoms with Crippen LogP contribution >= 0.6 is 0 Å². The van der Waals surface area contributed by atoms with Gasteiger partial charge in [-0.2, -0.15) is 0 Å². The van der Waals surface area contributed by atoms with Gasteiger partial charge in [0.2, 0.25) is 0 Å². The summed E-state index contributed by atoms with van der Waals surface area (Å²) in [5, 5.41) is 0. The average Bonchev–Trinajstić information content (AvgIpc) is 2.86. The largest absolute Gasteiger partial charge is 0.459 e. The molecule has 1 unspecified atom stereocenters. The summed E-state index contributed by atoms with van der Waals surface area (Å²) in [6.45, 7) is 10.3. The lowest BCUT2D eigenvalue weighted by Gasteiger charge is -2.39. The topological polar surface area (TPSA) is 35.5 Å². The van der Waals surface area contributed by atoms with Crippen molar-refractivity contribution in [2.75, 3.05) is 0 Å². The Kier molecular flexibility index (Phi) is 6.30. The molecule has 2 rings (SSSR count). The Morgan fingerprint density at radius 2 is 2.00 bits per heavy atom. The molecular formula is C21H34O3. The SMILES string of the molecule is CC(=O)O[C@H]1CC/C=C/CC/C(C)=C/C[C@]2(C(C)C)CCC1(C)O2. The second-order valence-electron chi connectivity index (χ2n) is 8.07. The summed E-state index contributed by atoms with van der Waals surface area (Å²) in [5.74, 6) is 0.223. The Labute approximate surface area is 147 Å². The number of ether oxygens (including phenoxy) is 2. The Bertz CT molecular complexity index is 505. The summed E-state index contributed by atoms with van der Waals surface area (Å²) in [5.41, 5.74) is 0.905. The predicted octanol–water partition coefficient (Wildman–Crippen LogP) is 5.35. The summed E-state index contributed by atoms with van der Waals surface area (Å²) in [6, 6.07) is 0. The molecule has 136 valence electrons. The zero-order valence-electron chi connectivity index (χ0n) is 16.1. The van der Waals surface area contributed by atoms with Crippen molar-refractivity contribution in [3.05, 3.63) is 23.8 Å². The fourth-order valence-corrected chi connectivity index (χ4v) is 3.97. The first-order valence-corrected chi connectivity index (χ1v) is 9.45. The van der Waals surface area contributed by atoms with Crippen LogP contribution in [-0.2, 0) is 14.3 Å². The molecule has 3 heteroatoms. The minimum Gasteiger partial charge on any atom is -0.459 e. The molecule has 0 amide bonds. The minimum atomic E-state index is -0.389. The summed E-state index contributed by atoms with van der Waals surface area (Å²) >= 11 is 0. The number of hydrogen-bond donors (Lipinski definition) is 0. The second kappa shape index (κ2) is 7.86. The van der Waals surface area contributed by atoms with Gasteiger partial charge in [-0.25, -0.2) is 0 Å². The molecule has 0 aliphatic carbocycles. The van der Waals surface area contributed by atoms with Crippen molar-refractivity contribution in [1.29, 1.82) is 0 Å². The van der Waals surface area contributed by atoms with E-state index in [9.17, 15) is 4.79 Å². The Morgan fingerprint density at radius 1 is 1.29 bits per heavy atom. The highest BCUT2D eigenvalue weighted by atomic mass is 16.6. The van der Waals surface area contributed by atoms with Crippen LogP contribution in [0.15, 0.2) is 23.8 Å². The fourth-order valence-electron chi connectivity index (χ4n) is 3.97. The summed E-state index contributed by atoms with van der Waals surface area (Å²) in [7, 11) is 0. The van der Waals surface area contributed by atoms with Gasteiger partial charge in [0.05, 0.1) is 5.60 Å². The molecule has 2 aliphatic rings. The standard InChI is InChI=1S/C21H34O3/c1-16(2)21-13-12-17(3)10-8-6-7-9-11-19(23-18(4)22)20(5,24-21)14-15-21/h6-7,12,16,19H,8-11,13-15H2,1-5H3/b7-6+,17-12+/t19-,20?,21+/m0/s1. The fraction of sp³-hybridized carbons (Fsp3) is 0.762. The molecule has 2 bridgehead atoms. The molecule has 24 heavy (non-hydrogen) atoms. The van der Waals surface area contributed by atoms with E-state index in [1.807, 2.05) is 0 Å². The zero-order chi connectivity index (χ0) is 17.8. The van der Waals surface area contributed by atoms with Gasteiger partial charge in [0.1, 0.15) is 11.7 Å². The van der Waals surface area contributed by atoms with E-state index in [4.69, 9.17) is 9.47 Å². The van der Waals surface area contributed by atoms with Gasteiger partial charge in [-0.15, -0.1) is 0 Å². The predicted molar refractivity (Wildman–Crippen MR) is 97.8 cm³/mol. The van der Waals surface area contributed by atoms with E-state index in [-0.39, 0.29) is 23.3 Å². The molecule has 0 aromatic heterocycles. The number of esters is 1. The van der Waals surface area contributed by atoms with Crippen molar-refractivity contribution < 1.29 is 14.3 Å². The third-order valence-corrected chi connectivity index (χ3v) is 5.79. The van der Waals surface area contributed by atoms with E-state index < -0.39 is 0 Å². The van der Waals surface area contributed by atoms with E-state index in [2.05, 4.69) is 45.9 Å². The quantitative estimate of drug-likeness (QED) is 0.504.